The number of sulfonamides is 1. The lowest BCUT2D eigenvalue weighted by Gasteiger charge is -2.17. The van der Waals surface area contributed by atoms with E-state index >= 15 is 0 Å². The Bertz CT molecular complexity index is 540. The van der Waals surface area contributed by atoms with Gasteiger partial charge in [-0.1, -0.05) is 0 Å². The molecular formula is C10H14FN3O2S. The minimum absolute atomic E-state index is 0.232. The van der Waals surface area contributed by atoms with E-state index in [-0.39, 0.29) is 16.1 Å². The van der Waals surface area contributed by atoms with Gasteiger partial charge in [0.2, 0.25) is 10.0 Å². The first-order chi connectivity index (χ1) is 7.86. The van der Waals surface area contributed by atoms with E-state index in [1.165, 1.54) is 12.1 Å². The fourth-order valence-electron chi connectivity index (χ4n) is 1.59. The molecule has 1 aliphatic rings. The second-order valence-corrected chi connectivity index (χ2v) is 5.86. The Hall–Kier alpha value is -1.18. The first-order valence-corrected chi connectivity index (χ1v) is 6.72. The van der Waals surface area contributed by atoms with Crippen LogP contribution in [0.4, 0.5) is 10.1 Å². The van der Waals surface area contributed by atoms with E-state index in [1.807, 2.05) is 0 Å². The SMILES string of the molecule is NCC1(Nc2ccc(S(N)(=O)=O)cc2F)CC1. The maximum absolute atomic E-state index is 13.7. The van der Waals surface area contributed by atoms with Crippen LogP contribution in [0, 0.1) is 5.82 Å². The van der Waals surface area contributed by atoms with E-state index in [1.54, 1.807) is 0 Å². The van der Waals surface area contributed by atoms with Crippen LogP contribution in [-0.4, -0.2) is 20.5 Å². The van der Waals surface area contributed by atoms with Gasteiger partial charge in [0.25, 0.3) is 0 Å². The van der Waals surface area contributed by atoms with Crippen LogP contribution in [0.5, 0.6) is 0 Å². The smallest absolute Gasteiger partial charge is 0.238 e. The number of halogens is 1. The molecule has 1 saturated carbocycles. The Morgan fingerprint density at radius 3 is 2.47 bits per heavy atom. The molecule has 5 nitrogen and oxygen atoms in total. The van der Waals surface area contributed by atoms with Crippen molar-refractivity contribution in [2.75, 3.05) is 11.9 Å². The van der Waals surface area contributed by atoms with Crippen molar-refractivity contribution >= 4 is 15.7 Å². The molecule has 0 aliphatic heterocycles. The van der Waals surface area contributed by atoms with Crippen LogP contribution < -0.4 is 16.2 Å². The zero-order valence-electron chi connectivity index (χ0n) is 9.11. The van der Waals surface area contributed by atoms with Crippen LogP contribution in [0.25, 0.3) is 0 Å². The van der Waals surface area contributed by atoms with Gasteiger partial charge in [-0.3, -0.25) is 0 Å². The molecule has 0 radical (unpaired) electrons. The summed E-state index contributed by atoms with van der Waals surface area (Å²) < 4.78 is 35.7. The predicted molar refractivity (Wildman–Crippen MR) is 62.4 cm³/mol. The minimum atomic E-state index is -3.87. The summed E-state index contributed by atoms with van der Waals surface area (Å²) in [6.45, 7) is 0.420. The molecule has 5 N–H and O–H groups in total. The highest BCUT2D eigenvalue weighted by atomic mass is 32.2. The number of nitrogens with one attached hydrogen (secondary N) is 1. The van der Waals surface area contributed by atoms with Gasteiger partial charge in [-0.2, -0.15) is 0 Å². The van der Waals surface area contributed by atoms with Crippen molar-refractivity contribution in [1.82, 2.24) is 0 Å². The molecule has 1 fully saturated rings. The Labute approximate surface area is 99.0 Å². The van der Waals surface area contributed by atoms with Crippen LogP contribution >= 0.6 is 0 Å². The highest BCUT2D eigenvalue weighted by molar-refractivity contribution is 7.89. The normalized spacial score (nSPS) is 17.8. The summed E-state index contributed by atoms with van der Waals surface area (Å²) in [5.74, 6) is -0.642. The summed E-state index contributed by atoms with van der Waals surface area (Å²) in [6.07, 6.45) is 1.78. The van der Waals surface area contributed by atoms with Crippen LogP contribution in [0.1, 0.15) is 12.8 Å². The Morgan fingerprint density at radius 2 is 2.06 bits per heavy atom. The lowest BCUT2D eigenvalue weighted by molar-refractivity contribution is 0.592. The van der Waals surface area contributed by atoms with Crippen molar-refractivity contribution in [3.63, 3.8) is 0 Å². The molecule has 0 spiro atoms. The van der Waals surface area contributed by atoms with Gasteiger partial charge in [-0.25, -0.2) is 17.9 Å². The van der Waals surface area contributed by atoms with Crippen molar-refractivity contribution in [1.29, 1.82) is 0 Å². The number of primary sulfonamides is 1. The molecule has 94 valence electrons. The van der Waals surface area contributed by atoms with Gasteiger partial charge in [0.1, 0.15) is 5.82 Å². The van der Waals surface area contributed by atoms with Crippen molar-refractivity contribution < 1.29 is 12.8 Å². The van der Waals surface area contributed by atoms with Gasteiger partial charge in [0, 0.05) is 12.1 Å². The fourth-order valence-corrected chi connectivity index (χ4v) is 2.12. The van der Waals surface area contributed by atoms with Crippen molar-refractivity contribution in [2.24, 2.45) is 10.9 Å². The number of rotatable bonds is 4. The first-order valence-electron chi connectivity index (χ1n) is 5.17. The van der Waals surface area contributed by atoms with E-state index < -0.39 is 15.8 Å². The number of hydrogen-bond donors (Lipinski definition) is 3. The molecule has 2 rings (SSSR count). The van der Waals surface area contributed by atoms with E-state index in [0.29, 0.717) is 6.54 Å². The van der Waals surface area contributed by atoms with Crippen LogP contribution in [0.2, 0.25) is 0 Å². The standard InChI is InChI=1S/C10H14FN3O2S/c11-8-5-7(17(13,15)16)1-2-9(8)14-10(6-12)3-4-10/h1-2,5,14H,3-4,6,12H2,(H2,13,15,16). The molecule has 0 bridgehead atoms. The lowest BCUT2D eigenvalue weighted by atomic mass is 10.2. The highest BCUT2D eigenvalue weighted by Gasteiger charge is 2.41. The van der Waals surface area contributed by atoms with Crippen molar-refractivity contribution in [2.45, 2.75) is 23.3 Å². The minimum Gasteiger partial charge on any atom is -0.376 e. The van der Waals surface area contributed by atoms with Crippen LogP contribution in [-0.2, 0) is 10.0 Å². The lowest BCUT2D eigenvalue weighted by Crippen LogP contribution is -2.31. The maximum Gasteiger partial charge on any atom is 0.238 e. The molecule has 1 aliphatic carbocycles. The fraction of sp³-hybridized carbons (Fsp3) is 0.400. The third-order valence-electron chi connectivity index (χ3n) is 2.91. The molecule has 17 heavy (non-hydrogen) atoms. The molecular weight excluding hydrogens is 245 g/mol. The van der Waals surface area contributed by atoms with Crippen molar-refractivity contribution in [3.8, 4) is 0 Å². The Balaban J connectivity index is 2.27. The van der Waals surface area contributed by atoms with Gasteiger partial charge < -0.3 is 11.1 Å². The Kier molecular flexibility index (Phi) is 2.84. The average Bonchev–Trinajstić information content (AvgIpc) is 3.00. The summed E-state index contributed by atoms with van der Waals surface area (Å²) >= 11 is 0. The molecule has 0 unspecified atom stereocenters. The van der Waals surface area contributed by atoms with Gasteiger partial charge in [-0.05, 0) is 31.0 Å². The number of benzene rings is 1. The number of hydrogen-bond acceptors (Lipinski definition) is 4. The summed E-state index contributed by atoms with van der Waals surface area (Å²) in [7, 11) is -3.87. The van der Waals surface area contributed by atoms with E-state index in [2.05, 4.69) is 5.32 Å². The zero-order chi connectivity index (χ0) is 12.7. The molecule has 0 saturated heterocycles. The van der Waals surface area contributed by atoms with Crippen molar-refractivity contribution in [3.05, 3.63) is 24.0 Å². The Morgan fingerprint density at radius 1 is 1.41 bits per heavy atom. The van der Waals surface area contributed by atoms with Crippen LogP contribution in [0.15, 0.2) is 23.1 Å². The first kappa shape index (κ1) is 12.3. The largest absolute Gasteiger partial charge is 0.376 e. The van der Waals surface area contributed by atoms with E-state index in [0.717, 1.165) is 18.9 Å². The molecule has 0 aromatic heterocycles. The maximum atomic E-state index is 13.7. The highest BCUT2D eigenvalue weighted by Crippen LogP contribution is 2.38. The predicted octanol–water partition coefficient (Wildman–Crippen LogP) is 0.376. The van der Waals surface area contributed by atoms with Gasteiger partial charge in [-0.15, -0.1) is 0 Å². The summed E-state index contributed by atoms with van der Waals surface area (Å²) in [5.41, 5.74) is 5.58. The molecule has 1 aromatic carbocycles. The van der Waals surface area contributed by atoms with E-state index in [9.17, 15) is 12.8 Å². The van der Waals surface area contributed by atoms with Gasteiger partial charge in [0.15, 0.2) is 0 Å². The average molecular weight is 259 g/mol. The summed E-state index contributed by atoms with van der Waals surface area (Å²) in [4.78, 5) is -0.238. The molecule has 0 heterocycles. The second kappa shape index (κ2) is 3.94. The molecule has 7 heteroatoms. The third-order valence-corrected chi connectivity index (χ3v) is 3.82. The second-order valence-electron chi connectivity index (χ2n) is 4.30. The summed E-state index contributed by atoms with van der Waals surface area (Å²) in [5, 5.41) is 7.90. The van der Waals surface area contributed by atoms with Gasteiger partial charge >= 0.3 is 0 Å². The summed E-state index contributed by atoms with van der Waals surface area (Å²) in [6, 6.07) is 3.54. The quantitative estimate of drug-likeness (QED) is 0.727. The molecule has 0 amide bonds. The van der Waals surface area contributed by atoms with Crippen LogP contribution in [0.3, 0.4) is 0 Å². The third kappa shape index (κ3) is 2.56. The molecule has 1 aromatic rings. The number of anilines is 1. The number of nitrogens with two attached hydrogens (primary N) is 2. The van der Waals surface area contributed by atoms with E-state index in [4.69, 9.17) is 10.9 Å². The zero-order valence-corrected chi connectivity index (χ0v) is 9.93. The monoisotopic (exact) mass is 259 g/mol. The van der Waals surface area contributed by atoms with Gasteiger partial charge in [0.05, 0.1) is 10.6 Å². The molecule has 0 atom stereocenters. The topological polar surface area (TPSA) is 98.2 Å².